The molecule has 0 atom stereocenters. The molecule has 0 heterocycles. The molecule has 24 aromatic carbocycles. The van der Waals surface area contributed by atoms with Gasteiger partial charge in [0.05, 0.1) is 16.5 Å². The van der Waals surface area contributed by atoms with Crippen molar-refractivity contribution in [3.05, 3.63) is 546 Å². The number of nitrogens with zero attached hydrogens (tertiary/aromatic N) is 1. The highest BCUT2D eigenvalue weighted by molar-refractivity contribution is 9.10. The number of anilines is 5. The fourth-order valence-electron chi connectivity index (χ4n) is 23.0. The van der Waals surface area contributed by atoms with Crippen LogP contribution in [0.15, 0.2) is 502 Å². The molecular formula is C130H83BrN2. The molecule has 0 unspecified atom stereocenters. The molecule has 0 aromatic heterocycles. The first-order valence-corrected chi connectivity index (χ1v) is 46.8. The minimum Gasteiger partial charge on any atom is -0.355 e. The third-order valence-electron chi connectivity index (χ3n) is 28.8. The van der Waals surface area contributed by atoms with Gasteiger partial charge in [0.25, 0.3) is 0 Å². The minimum atomic E-state index is -0.493. The Morgan fingerprint density at radius 3 is 0.910 bits per heavy atom. The first kappa shape index (κ1) is 77.6. The Bertz CT molecular complexity index is 8710. The first-order chi connectivity index (χ1) is 65.9. The lowest BCUT2D eigenvalue weighted by Gasteiger charge is -2.33. The van der Waals surface area contributed by atoms with Gasteiger partial charge < -0.3 is 10.2 Å². The van der Waals surface area contributed by atoms with E-state index in [4.69, 9.17) is 0 Å². The molecule has 0 bridgehead atoms. The number of halogens is 1. The van der Waals surface area contributed by atoms with E-state index in [1.54, 1.807) is 0 Å². The van der Waals surface area contributed by atoms with Gasteiger partial charge in [0.1, 0.15) is 0 Å². The van der Waals surface area contributed by atoms with Gasteiger partial charge in [0, 0.05) is 38.3 Å². The third kappa shape index (κ3) is 12.3. The SMILES string of the molecule is Brc1ccc(-c2ccc3ccccc3c2)cc1.c1ccc(-c2cc3c(cc2N(c2ccc(-c4ccc5ccccc5c4)cc2)c2ccc4c5ccccc5c5ccccc5c4c2)C2(c4ccccc4-c4ccccc42)c2ccccc2-3)cc1.c1ccc(-c2cc3c(cc2Nc2ccc4c5ccccc5c5ccccc5c4c2)C2(c4ccccc4-c4ccccc42)c2ccccc2-3)cc1. The van der Waals surface area contributed by atoms with E-state index in [0.717, 1.165) is 32.9 Å². The Hall–Kier alpha value is -16.6. The lowest BCUT2D eigenvalue weighted by molar-refractivity contribution is 0.794. The summed E-state index contributed by atoms with van der Waals surface area (Å²) in [4.78, 5) is 2.53. The minimum absolute atomic E-state index is 0.400. The van der Waals surface area contributed by atoms with Gasteiger partial charge in [-0.25, -0.2) is 0 Å². The molecule has 4 aliphatic rings. The number of benzene rings is 24. The zero-order valence-corrected chi connectivity index (χ0v) is 74.3. The highest BCUT2D eigenvalue weighted by atomic mass is 79.9. The normalized spacial score (nSPS) is 12.8. The van der Waals surface area contributed by atoms with Gasteiger partial charge in [-0.2, -0.15) is 0 Å². The van der Waals surface area contributed by atoms with Crippen LogP contribution in [-0.4, -0.2) is 0 Å². The van der Waals surface area contributed by atoms with E-state index in [1.807, 2.05) is 0 Å². The largest absolute Gasteiger partial charge is 0.355 e. The Morgan fingerprint density at radius 2 is 0.481 bits per heavy atom. The van der Waals surface area contributed by atoms with E-state index in [1.165, 1.54) is 220 Å². The van der Waals surface area contributed by atoms with Gasteiger partial charge in [-0.15, -0.1) is 0 Å². The van der Waals surface area contributed by atoms with Gasteiger partial charge >= 0.3 is 0 Å². The van der Waals surface area contributed by atoms with Crippen LogP contribution < -0.4 is 10.2 Å². The van der Waals surface area contributed by atoms with Crippen LogP contribution in [0, 0.1) is 0 Å². The standard InChI is InChI=1S/C65H41N.C49H31N.C16H11Br/c1-2-17-44(18-3-1)57-40-59-56-26-12-15-29-62(56)65(60-27-13-10-24-54(60)55-25-11-14-28-61(55)65)63(59)41-64(57)66(47-34-32-43(33-35-47)46-31-30-42-16-4-5-19-45(42)38-46)48-36-37-53-51-22-7-6-20-49(51)50-21-8-9-23-52(50)58(53)39-48;1-2-14-31(15-3-1)41-29-43-40-22-10-13-25-46(40)49(44-23-11-8-20-38(44)39-21-9-12-24-45(39)49)47(43)30-48(41)50-32-26-27-37-35-18-5-4-16-33(35)34-17-6-7-19-36(34)42(37)28-32;17-16-9-7-13(8-10-16)15-6-5-12-3-1-2-4-14(12)11-15/h1-41H;1-30,50H;1-11H. The summed E-state index contributed by atoms with van der Waals surface area (Å²) in [5.74, 6) is 0. The molecule has 0 saturated heterocycles. The zero-order chi connectivity index (χ0) is 87.8. The van der Waals surface area contributed by atoms with Crippen molar-refractivity contribution < 1.29 is 0 Å². The molecule has 24 aromatic rings. The summed E-state index contributed by atoms with van der Waals surface area (Å²) in [6, 6.07) is 184. The van der Waals surface area contributed by atoms with Crippen molar-refractivity contribution in [2.45, 2.75) is 10.8 Å². The highest BCUT2D eigenvalue weighted by Gasteiger charge is 2.54. The maximum absolute atomic E-state index is 3.99. The van der Waals surface area contributed by atoms with Gasteiger partial charge in [0.2, 0.25) is 0 Å². The Balaban J connectivity index is 0.000000121. The smallest absolute Gasteiger partial charge is 0.0726 e. The van der Waals surface area contributed by atoms with Crippen molar-refractivity contribution in [2.75, 3.05) is 10.2 Å². The van der Waals surface area contributed by atoms with Crippen LogP contribution in [0.2, 0.25) is 0 Å². The second kappa shape index (κ2) is 31.4. The van der Waals surface area contributed by atoms with E-state index in [9.17, 15) is 0 Å². The van der Waals surface area contributed by atoms with E-state index in [-0.39, 0.29) is 0 Å². The predicted molar refractivity (Wildman–Crippen MR) is 566 cm³/mol. The predicted octanol–water partition coefficient (Wildman–Crippen LogP) is 35.6. The number of fused-ring (bicyclic) bond motifs is 34. The average Bonchev–Trinajstić information content (AvgIpc) is 1.51. The molecule has 2 nitrogen and oxygen atoms in total. The second-order valence-corrected chi connectivity index (χ2v) is 36.6. The summed E-state index contributed by atoms with van der Waals surface area (Å²) < 4.78 is 1.11. The van der Waals surface area contributed by atoms with Crippen molar-refractivity contribution in [2.24, 2.45) is 0 Å². The summed E-state index contributed by atoms with van der Waals surface area (Å²) in [5.41, 5.74) is 35.4. The zero-order valence-electron chi connectivity index (χ0n) is 72.7. The summed E-state index contributed by atoms with van der Waals surface area (Å²) in [7, 11) is 0. The van der Waals surface area contributed by atoms with Gasteiger partial charge in [-0.3, -0.25) is 0 Å². The summed E-state index contributed by atoms with van der Waals surface area (Å²) >= 11 is 3.46. The van der Waals surface area contributed by atoms with Crippen LogP contribution in [0.25, 0.3) is 175 Å². The van der Waals surface area contributed by atoms with Crippen molar-refractivity contribution >= 4 is 131 Å². The monoisotopic (exact) mass is 1750 g/mol. The molecule has 3 heteroatoms. The van der Waals surface area contributed by atoms with Crippen LogP contribution in [0.5, 0.6) is 0 Å². The van der Waals surface area contributed by atoms with Crippen molar-refractivity contribution in [1.82, 2.24) is 0 Å². The summed E-state index contributed by atoms with van der Waals surface area (Å²) in [6.45, 7) is 0. The Morgan fingerprint density at radius 1 is 0.173 bits per heavy atom. The lowest BCUT2D eigenvalue weighted by Crippen LogP contribution is -2.26. The maximum Gasteiger partial charge on any atom is 0.0726 e. The van der Waals surface area contributed by atoms with Crippen LogP contribution in [0.1, 0.15) is 44.5 Å². The number of rotatable bonds is 9. The number of hydrogen-bond donors (Lipinski definition) is 1. The van der Waals surface area contributed by atoms with Crippen LogP contribution >= 0.6 is 15.9 Å². The molecule has 4 aliphatic carbocycles. The van der Waals surface area contributed by atoms with Crippen LogP contribution in [0.3, 0.4) is 0 Å². The summed E-state index contributed by atoms with van der Waals surface area (Å²) in [5, 5.41) is 24.3. The fraction of sp³-hybridized carbons (Fsp3) is 0.0154. The van der Waals surface area contributed by atoms with E-state index >= 15 is 0 Å². The molecule has 2 spiro atoms. The molecule has 28 rings (SSSR count). The average molecular weight is 1750 g/mol. The van der Waals surface area contributed by atoms with E-state index < -0.39 is 10.8 Å². The molecule has 0 amide bonds. The molecule has 0 aliphatic heterocycles. The third-order valence-corrected chi connectivity index (χ3v) is 29.3. The Kier molecular flexibility index (Phi) is 18.3. The first-order valence-electron chi connectivity index (χ1n) is 46.0. The molecule has 0 fully saturated rings. The molecule has 620 valence electrons. The maximum atomic E-state index is 3.99. The molecule has 0 saturated carbocycles. The van der Waals surface area contributed by atoms with Crippen LogP contribution in [-0.2, 0) is 10.8 Å². The van der Waals surface area contributed by atoms with Gasteiger partial charge in [-0.1, -0.05) is 428 Å². The quantitative estimate of drug-likeness (QED) is 0.145. The molecule has 133 heavy (non-hydrogen) atoms. The molecule has 0 radical (unpaired) electrons. The summed E-state index contributed by atoms with van der Waals surface area (Å²) in [6.07, 6.45) is 0. The Labute approximate surface area is 781 Å². The molecular weight excluding hydrogens is 1670 g/mol. The van der Waals surface area contributed by atoms with E-state index in [2.05, 4.69) is 524 Å². The van der Waals surface area contributed by atoms with Crippen molar-refractivity contribution in [1.29, 1.82) is 0 Å². The van der Waals surface area contributed by atoms with Gasteiger partial charge in [-0.05, 0) is 294 Å². The number of nitrogens with one attached hydrogen (secondary N) is 1. The topological polar surface area (TPSA) is 15.3 Å². The highest BCUT2D eigenvalue weighted by Crippen LogP contribution is 2.67. The van der Waals surface area contributed by atoms with Gasteiger partial charge in [0.15, 0.2) is 0 Å². The van der Waals surface area contributed by atoms with Crippen molar-refractivity contribution in [3.8, 4) is 89.0 Å². The van der Waals surface area contributed by atoms with E-state index in [0.29, 0.717) is 0 Å². The van der Waals surface area contributed by atoms with Crippen molar-refractivity contribution in [3.63, 3.8) is 0 Å². The lowest BCUT2D eigenvalue weighted by atomic mass is 9.70. The van der Waals surface area contributed by atoms with Crippen LogP contribution in [0.4, 0.5) is 28.4 Å². The fourth-order valence-corrected chi connectivity index (χ4v) is 23.3. The second-order valence-electron chi connectivity index (χ2n) is 35.7. The molecule has 1 N–H and O–H groups in total. The number of hydrogen-bond acceptors (Lipinski definition) is 2.